The predicted octanol–water partition coefficient (Wildman–Crippen LogP) is 3.45. The lowest BCUT2D eigenvalue weighted by molar-refractivity contribution is -0.0707. The predicted molar refractivity (Wildman–Crippen MR) is 80.1 cm³/mol. The second kappa shape index (κ2) is 4.74. The van der Waals surface area contributed by atoms with E-state index in [2.05, 4.69) is 51.2 Å². The van der Waals surface area contributed by atoms with Gasteiger partial charge in [0.15, 0.2) is 0 Å². The molecule has 2 unspecified atom stereocenters. The number of benzene rings is 1. The van der Waals surface area contributed by atoms with Crippen LogP contribution in [-0.4, -0.2) is 23.9 Å². The van der Waals surface area contributed by atoms with Gasteiger partial charge in [0.1, 0.15) is 5.75 Å². The summed E-state index contributed by atoms with van der Waals surface area (Å²) in [6.45, 7) is 9.50. The molecule has 1 saturated heterocycles. The van der Waals surface area contributed by atoms with Gasteiger partial charge in [-0.1, -0.05) is 18.2 Å². The molecule has 1 N–H and O–H groups in total. The minimum absolute atomic E-state index is 0.0498. The molecule has 110 valence electrons. The van der Waals surface area contributed by atoms with E-state index in [-0.39, 0.29) is 11.2 Å². The monoisotopic (exact) mass is 275 g/mol. The van der Waals surface area contributed by atoms with Crippen LogP contribution in [0.1, 0.15) is 52.1 Å². The highest BCUT2D eigenvalue weighted by atomic mass is 16.5. The summed E-state index contributed by atoms with van der Waals surface area (Å²) in [5.41, 5.74) is 1.10. The van der Waals surface area contributed by atoms with Gasteiger partial charge in [0.05, 0.1) is 17.8 Å². The number of fused-ring (bicyclic) bond motifs is 1. The van der Waals surface area contributed by atoms with E-state index in [0.717, 1.165) is 25.2 Å². The number of ether oxygens (including phenoxy) is 2. The summed E-state index contributed by atoms with van der Waals surface area (Å²) in [4.78, 5) is 0. The second-order valence-electron chi connectivity index (χ2n) is 7.12. The Morgan fingerprint density at radius 3 is 2.60 bits per heavy atom. The lowest BCUT2D eigenvalue weighted by Gasteiger charge is -2.33. The maximum Gasteiger partial charge on any atom is 0.124 e. The van der Waals surface area contributed by atoms with Crippen molar-refractivity contribution < 1.29 is 9.47 Å². The summed E-state index contributed by atoms with van der Waals surface area (Å²) < 4.78 is 11.9. The van der Waals surface area contributed by atoms with E-state index in [4.69, 9.17) is 9.47 Å². The van der Waals surface area contributed by atoms with Crippen LogP contribution >= 0.6 is 0 Å². The molecule has 3 heteroatoms. The Morgan fingerprint density at radius 1 is 1.15 bits per heavy atom. The normalized spacial score (nSPS) is 30.6. The fraction of sp³-hybridized carbons (Fsp3) is 0.647. The van der Waals surface area contributed by atoms with Gasteiger partial charge >= 0.3 is 0 Å². The molecule has 0 bridgehead atoms. The first kappa shape index (κ1) is 13.9. The summed E-state index contributed by atoms with van der Waals surface area (Å²) in [6, 6.07) is 9.08. The highest BCUT2D eigenvalue weighted by molar-refractivity contribution is 5.37. The fourth-order valence-corrected chi connectivity index (χ4v) is 3.58. The third-order valence-corrected chi connectivity index (χ3v) is 4.44. The van der Waals surface area contributed by atoms with Crippen LogP contribution < -0.4 is 10.1 Å². The van der Waals surface area contributed by atoms with Crippen molar-refractivity contribution >= 4 is 0 Å². The van der Waals surface area contributed by atoms with Crippen LogP contribution in [-0.2, 0) is 4.74 Å². The van der Waals surface area contributed by atoms with Gasteiger partial charge in [0.2, 0.25) is 0 Å². The molecule has 0 spiro atoms. The Balaban J connectivity index is 1.79. The van der Waals surface area contributed by atoms with Crippen LogP contribution in [0.25, 0.3) is 0 Å². The number of hydrogen-bond donors (Lipinski definition) is 1. The van der Waals surface area contributed by atoms with Crippen molar-refractivity contribution in [1.29, 1.82) is 0 Å². The summed E-state index contributed by atoms with van der Waals surface area (Å²) in [5.74, 6) is 1.02. The smallest absolute Gasteiger partial charge is 0.124 e. The van der Waals surface area contributed by atoms with Crippen LogP contribution in [0.15, 0.2) is 24.3 Å². The molecule has 0 radical (unpaired) electrons. The third kappa shape index (κ3) is 2.57. The molecule has 2 aliphatic rings. The summed E-state index contributed by atoms with van der Waals surface area (Å²) in [7, 11) is 0. The highest BCUT2D eigenvalue weighted by Gasteiger charge is 2.46. The first-order chi connectivity index (χ1) is 9.37. The van der Waals surface area contributed by atoms with E-state index in [1.165, 1.54) is 5.56 Å². The quantitative estimate of drug-likeness (QED) is 0.897. The van der Waals surface area contributed by atoms with Gasteiger partial charge in [-0.05, 0) is 40.2 Å². The number of para-hydroxylation sites is 1. The molecule has 0 aromatic heterocycles. The van der Waals surface area contributed by atoms with Crippen molar-refractivity contribution in [2.24, 2.45) is 0 Å². The molecule has 1 fully saturated rings. The molecule has 2 heterocycles. The molecule has 0 saturated carbocycles. The average molecular weight is 275 g/mol. The van der Waals surface area contributed by atoms with E-state index in [9.17, 15) is 0 Å². The molecule has 3 nitrogen and oxygen atoms in total. The molecule has 3 rings (SSSR count). The van der Waals surface area contributed by atoms with Gasteiger partial charge in [-0.2, -0.15) is 0 Å². The van der Waals surface area contributed by atoms with Crippen molar-refractivity contribution in [3.05, 3.63) is 29.8 Å². The van der Waals surface area contributed by atoms with Gasteiger partial charge in [0, 0.05) is 24.1 Å². The third-order valence-electron chi connectivity index (χ3n) is 4.44. The standard InChI is InChI=1S/C17H25NO2/c1-16(2)11-15(17(3,4)20-16)18-13-9-10-19-14-8-6-5-7-12(13)14/h5-8,13,15,18H,9-11H2,1-4H3. The van der Waals surface area contributed by atoms with E-state index < -0.39 is 0 Å². The van der Waals surface area contributed by atoms with Crippen molar-refractivity contribution in [3.63, 3.8) is 0 Å². The van der Waals surface area contributed by atoms with Crippen LogP contribution in [0.2, 0.25) is 0 Å². The second-order valence-corrected chi connectivity index (χ2v) is 7.12. The van der Waals surface area contributed by atoms with Crippen LogP contribution in [0.3, 0.4) is 0 Å². The van der Waals surface area contributed by atoms with Gasteiger partial charge in [0.25, 0.3) is 0 Å². The molecule has 2 atom stereocenters. The molecule has 1 aromatic carbocycles. The van der Waals surface area contributed by atoms with Crippen LogP contribution in [0, 0.1) is 0 Å². The minimum atomic E-state index is -0.128. The zero-order valence-corrected chi connectivity index (χ0v) is 12.9. The SMILES string of the molecule is CC1(C)CC(NC2CCOc3ccccc32)C(C)(C)O1. The van der Waals surface area contributed by atoms with Gasteiger partial charge in [-0.15, -0.1) is 0 Å². The lowest BCUT2D eigenvalue weighted by Crippen LogP contribution is -2.45. The Hall–Kier alpha value is -1.06. The highest BCUT2D eigenvalue weighted by Crippen LogP contribution is 2.40. The minimum Gasteiger partial charge on any atom is -0.493 e. The van der Waals surface area contributed by atoms with Crippen molar-refractivity contribution in [2.45, 2.75) is 63.8 Å². The Kier molecular flexibility index (Phi) is 3.30. The summed E-state index contributed by atoms with van der Waals surface area (Å²) in [6.07, 6.45) is 2.06. The van der Waals surface area contributed by atoms with Crippen molar-refractivity contribution in [2.75, 3.05) is 6.61 Å². The van der Waals surface area contributed by atoms with E-state index in [1.54, 1.807) is 0 Å². The molecule has 1 aromatic rings. The maximum absolute atomic E-state index is 6.18. The first-order valence-corrected chi connectivity index (χ1v) is 7.55. The summed E-state index contributed by atoms with van der Waals surface area (Å²) >= 11 is 0. The maximum atomic E-state index is 6.18. The first-order valence-electron chi connectivity index (χ1n) is 7.55. The van der Waals surface area contributed by atoms with E-state index in [1.807, 2.05) is 6.07 Å². The molecule has 0 aliphatic carbocycles. The molecular formula is C17H25NO2. The topological polar surface area (TPSA) is 30.5 Å². The van der Waals surface area contributed by atoms with Crippen molar-refractivity contribution in [3.8, 4) is 5.75 Å². The summed E-state index contributed by atoms with van der Waals surface area (Å²) in [5, 5.41) is 3.81. The lowest BCUT2D eigenvalue weighted by atomic mass is 9.91. The zero-order valence-electron chi connectivity index (χ0n) is 12.9. The molecule has 2 aliphatic heterocycles. The Labute approximate surface area is 121 Å². The zero-order chi connectivity index (χ0) is 14.4. The number of hydrogen-bond acceptors (Lipinski definition) is 3. The average Bonchev–Trinajstić information content (AvgIpc) is 2.57. The van der Waals surface area contributed by atoms with Crippen molar-refractivity contribution in [1.82, 2.24) is 5.32 Å². The largest absolute Gasteiger partial charge is 0.493 e. The number of nitrogens with one attached hydrogen (secondary N) is 1. The van der Waals surface area contributed by atoms with E-state index in [0.29, 0.717) is 12.1 Å². The van der Waals surface area contributed by atoms with Gasteiger partial charge in [-0.3, -0.25) is 0 Å². The molecule has 20 heavy (non-hydrogen) atoms. The Morgan fingerprint density at radius 2 is 1.90 bits per heavy atom. The van der Waals surface area contributed by atoms with Crippen LogP contribution in [0.5, 0.6) is 5.75 Å². The molecule has 0 amide bonds. The van der Waals surface area contributed by atoms with Gasteiger partial charge < -0.3 is 14.8 Å². The van der Waals surface area contributed by atoms with Crippen LogP contribution in [0.4, 0.5) is 0 Å². The van der Waals surface area contributed by atoms with E-state index >= 15 is 0 Å². The van der Waals surface area contributed by atoms with Gasteiger partial charge in [-0.25, -0.2) is 0 Å². The molecular weight excluding hydrogens is 250 g/mol. The Bertz CT molecular complexity index is 496. The number of rotatable bonds is 2. The fourth-order valence-electron chi connectivity index (χ4n) is 3.58.